The molecule has 1 amide bonds. The Kier molecular flexibility index (Phi) is 6.82. The number of carbonyl (C=O) groups is 1. The number of aryl methyl sites for hydroxylation is 3. The number of hydrogen-bond acceptors (Lipinski definition) is 4. The number of amides is 1. The Bertz CT molecular complexity index is 1630. The van der Waals surface area contributed by atoms with E-state index in [4.69, 9.17) is 4.98 Å². The number of unbranched alkanes of at least 4 members (excludes halogenated alkanes) is 2. The number of hydrogen-bond donors (Lipinski definition) is 1. The zero-order valence-corrected chi connectivity index (χ0v) is 21.4. The van der Waals surface area contributed by atoms with Gasteiger partial charge in [0.05, 0.1) is 22.3 Å². The van der Waals surface area contributed by atoms with E-state index in [1.165, 1.54) is 0 Å². The Morgan fingerprint density at radius 3 is 2.41 bits per heavy atom. The largest absolute Gasteiger partial charge is 0.493 e. The van der Waals surface area contributed by atoms with Crippen LogP contribution in [0.4, 0.5) is 5.69 Å². The molecule has 1 N–H and O–H groups in total. The summed E-state index contributed by atoms with van der Waals surface area (Å²) in [6.45, 7) is 6.80. The molecule has 0 spiro atoms. The van der Waals surface area contributed by atoms with E-state index in [9.17, 15) is 9.90 Å². The molecular weight excluding hydrogens is 460 g/mol. The zero-order chi connectivity index (χ0) is 25.9. The van der Waals surface area contributed by atoms with Gasteiger partial charge in [-0.05, 0) is 50.6 Å². The summed E-state index contributed by atoms with van der Waals surface area (Å²) in [6, 6.07) is 23.4. The van der Waals surface area contributed by atoms with Gasteiger partial charge in [0, 0.05) is 22.9 Å². The van der Waals surface area contributed by atoms with Crippen molar-refractivity contribution in [1.29, 1.82) is 0 Å². The highest BCUT2D eigenvalue weighted by Crippen LogP contribution is 2.40. The molecule has 5 rings (SSSR count). The fourth-order valence-corrected chi connectivity index (χ4v) is 4.70. The van der Waals surface area contributed by atoms with E-state index in [1.54, 1.807) is 6.07 Å². The fourth-order valence-electron chi connectivity index (χ4n) is 4.70. The van der Waals surface area contributed by atoms with Crippen molar-refractivity contribution in [2.75, 3.05) is 0 Å². The van der Waals surface area contributed by atoms with Gasteiger partial charge in [-0.1, -0.05) is 73.4 Å². The first-order valence-corrected chi connectivity index (χ1v) is 12.7. The normalized spacial score (nSPS) is 11.6. The minimum atomic E-state index is -0.478. The Hall–Kier alpha value is -4.32. The Labute approximate surface area is 216 Å². The molecule has 0 bridgehead atoms. The predicted octanol–water partition coefficient (Wildman–Crippen LogP) is 8.29. The number of aromatic hydroxyl groups is 1. The van der Waals surface area contributed by atoms with Crippen molar-refractivity contribution < 1.29 is 9.90 Å². The van der Waals surface area contributed by atoms with Crippen molar-refractivity contribution in [3.63, 3.8) is 0 Å². The molecule has 37 heavy (non-hydrogen) atoms. The fraction of sp³-hybridized carbons (Fsp3) is 0.226. The van der Waals surface area contributed by atoms with Crippen molar-refractivity contribution in [2.24, 2.45) is 10.2 Å². The summed E-state index contributed by atoms with van der Waals surface area (Å²) in [4.78, 5) is 18.3. The average molecular weight is 491 g/mol. The highest BCUT2D eigenvalue weighted by Gasteiger charge is 2.19. The molecule has 5 aromatic rings. The third-order valence-corrected chi connectivity index (χ3v) is 6.66. The third-order valence-electron chi connectivity index (χ3n) is 6.66. The quantitative estimate of drug-likeness (QED) is 0.184. The molecule has 6 heteroatoms. The van der Waals surface area contributed by atoms with E-state index in [0.29, 0.717) is 23.5 Å². The summed E-state index contributed by atoms with van der Waals surface area (Å²) in [5, 5.41) is 21.0. The van der Waals surface area contributed by atoms with Crippen LogP contribution >= 0.6 is 0 Å². The number of aromatic nitrogens is 2. The number of benzene rings is 3. The molecule has 6 nitrogen and oxygen atoms in total. The van der Waals surface area contributed by atoms with Gasteiger partial charge in [-0.3, -0.25) is 4.79 Å². The molecule has 0 aliphatic rings. The van der Waals surface area contributed by atoms with Crippen LogP contribution in [0.2, 0.25) is 0 Å². The third kappa shape index (κ3) is 4.87. The second-order valence-corrected chi connectivity index (χ2v) is 9.50. The van der Waals surface area contributed by atoms with Gasteiger partial charge in [0.15, 0.2) is 5.69 Å². The van der Waals surface area contributed by atoms with E-state index in [0.717, 1.165) is 57.8 Å². The van der Waals surface area contributed by atoms with Crippen molar-refractivity contribution >= 4 is 33.4 Å². The number of pyridine rings is 1. The van der Waals surface area contributed by atoms with Crippen molar-refractivity contribution in [3.05, 3.63) is 89.5 Å². The lowest BCUT2D eigenvalue weighted by Gasteiger charge is -2.08. The molecular formula is C31H30N4O2. The van der Waals surface area contributed by atoms with Crippen LogP contribution in [-0.4, -0.2) is 20.6 Å². The zero-order valence-electron chi connectivity index (χ0n) is 21.4. The number of rotatable bonds is 7. The van der Waals surface area contributed by atoms with Gasteiger partial charge in [-0.2, -0.15) is 0 Å². The molecule has 0 unspecified atom stereocenters. The van der Waals surface area contributed by atoms with Crippen LogP contribution < -0.4 is 0 Å². The van der Waals surface area contributed by atoms with Crippen LogP contribution in [0.25, 0.3) is 33.1 Å². The van der Waals surface area contributed by atoms with Crippen LogP contribution in [0.15, 0.2) is 83.0 Å². The molecule has 186 valence electrons. The molecule has 2 heterocycles. The second kappa shape index (κ2) is 10.3. The number of fused-ring (bicyclic) bond motifs is 2. The summed E-state index contributed by atoms with van der Waals surface area (Å²) in [7, 11) is 0. The van der Waals surface area contributed by atoms with Gasteiger partial charge in [0.25, 0.3) is 5.91 Å². The number of nitrogens with zero attached hydrogens (tertiary/aromatic N) is 4. The lowest BCUT2D eigenvalue weighted by atomic mass is 10.0. The minimum absolute atomic E-state index is 0.0358. The second-order valence-electron chi connectivity index (χ2n) is 9.50. The topological polar surface area (TPSA) is 79.8 Å². The maximum Gasteiger partial charge on any atom is 0.296 e. The van der Waals surface area contributed by atoms with Crippen LogP contribution in [0.5, 0.6) is 5.88 Å². The van der Waals surface area contributed by atoms with Gasteiger partial charge in [-0.15, -0.1) is 10.2 Å². The first-order valence-electron chi connectivity index (χ1n) is 12.7. The summed E-state index contributed by atoms with van der Waals surface area (Å²) >= 11 is 0. The molecule has 0 saturated heterocycles. The van der Waals surface area contributed by atoms with E-state index < -0.39 is 5.91 Å². The van der Waals surface area contributed by atoms with Gasteiger partial charge in [0.2, 0.25) is 5.88 Å². The molecule has 0 aliphatic carbocycles. The Balaban J connectivity index is 1.59. The van der Waals surface area contributed by atoms with Crippen molar-refractivity contribution in [2.45, 2.75) is 46.6 Å². The lowest BCUT2D eigenvalue weighted by Crippen LogP contribution is -1.99. The number of azo groups is 1. The highest BCUT2D eigenvalue weighted by atomic mass is 16.3. The van der Waals surface area contributed by atoms with Gasteiger partial charge in [0.1, 0.15) is 0 Å². The summed E-state index contributed by atoms with van der Waals surface area (Å²) < 4.78 is 1.86. The van der Waals surface area contributed by atoms with Crippen LogP contribution in [0.1, 0.15) is 47.7 Å². The maximum absolute atomic E-state index is 13.5. The van der Waals surface area contributed by atoms with Gasteiger partial charge >= 0.3 is 0 Å². The van der Waals surface area contributed by atoms with Crippen molar-refractivity contribution in [3.8, 4) is 17.1 Å². The first kappa shape index (κ1) is 24.4. The predicted molar refractivity (Wildman–Crippen MR) is 149 cm³/mol. The molecule has 2 aromatic heterocycles. The van der Waals surface area contributed by atoms with E-state index in [1.807, 2.05) is 85.1 Å². The Morgan fingerprint density at radius 2 is 1.65 bits per heavy atom. The molecule has 0 saturated carbocycles. The van der Waals surface area contributed by atoms with Crippen LogP contribution in [0, 0.1) is 13.8 Å². The first-order chi connectivity index (χ1) is 18.0. The number of carbonyl (C=O) groups excluding carboxylic acids is 1. The standard InChI is InChI=1S/C31H30N4O2/c1-4-5-9-16-35-28-15-13-21(3)18-25(28)29(31(35)37)33-34-30(36)24-19-27(22-10-7-6-8-11-22)32-26-14-12-20(2)17-23(24)26/h6-8,10-15,17-19,37H,4-5,9,16H2,1-3H3. The SMILES string of the molecule is CCCCCn1c(O)c(N=NC(=O)c2cc(-c3ccccc3)nc3ccc(C)cc23)c2cc(C)ccc21. The summed E-state index contributed by atoms with van der Waals surface area (Å²) in [5.41, 5.74) is 6.04. The van der Waals surface area contributed by atoms with Gasteiger partial charge in [-0.25, -0.2) is 4.98 Å². The van der Waals surface area contributed by atoms with Crippen LogP contribution in [-0.2, 0) is 6.54 Å². The van der Waals surface area contributed by atoms with E-state index in [2.05, 4.69) is 17.2 Å². The summed E-state index contributed by atoms with van der Waals surface area (Å²) in [5.74, 6) is -0.442. The lowest BCUT2D eigenvalue weighted by molar-refractivity contribution is 0.0996. The van der Waals surface area contributed by atoms with E-state index >= 15 is 0 Å². The van der Waals surface area contributed by atoms with Crippen LogP contribution in [0.3, 0.4) is 0 Å². The minimum Gasteiger partial charge on any atom is -0.493 e. The molecule has 0 radical (unpaired) electrons. The monoisotopic (exact) mass is 490 g/mol. The highest BCUT2D eigenvalue weighted by molar-refractivity contribution is 6.08. The van der Waals surface area contributed by atoms with Crippen molar-refractivity contribution in [1.82, 2.24) is 9.55 Å². The average Bonchev–Trinajstić information content (AvgIpc) is 3.16. The van der Waals surface area contributed by atoms with Gasteiger partial charge < -0.3 is 9.67 Å². The van der Waals surface area contributed by atoms with E-state index in [-0.39, 0.29) is 5.88 Å². The molecule has 0 atom stereocenters. The maximum atomic E-state index is 13.5. The molecule has 0 aliphatic heterocycles. The Morgan fingerprint density at radius 1 is 0.919 bits per heavy atom. The molecule has 0 fully saturated rings. The smallest absolute Gasteiger partial charge is 0.296 e. The summed E-state index contributed by atoms with van der Waals surface area (Å²) in [6.07, 6.45) is 3.10. The molecule has 3 aromatic carbocycles.